The lowest BCUT2D eigenvalue weighted by molar-refractivity contribution is 0.555. The standard InChI is InChI=1S/C12H17N5/c13-10-7-14-12-16-15-11(17(12)8-10)9-5-3-1-2-4-6-9/h7-9H,1-6,13H2. The summed E-state index contributed by atoms with van der Waals surface area (Å²) in [6.45, 7) is 0. The summed E-state index contributed by atoms with van der Waals surface area (Å²) in [5.41, 5.74) is 6.43. The van der Waals surface area contributed by atoms with Gasteiger partial charge in [-0.05, 0) is 12.8 Å². The van der Waals surface area contributed by atoms with E-state index in [0.717, 1.165) is 5.82 Å². The summed E-state index contributed by atoms with van der Waals surface area (Å²) >= 11 is 0. The van der Waals surface area contributed by atoms with Crippen LogP contribution >= 0.6 is 0 Å². The van der Waals surface area contributed by atoms with Crippen LogP contribution in [0, 0.1) is 0 Å². The fourth-order valence-electron chi connectivity index (χ4n) is 2.64. The normalized spacial score (nSPS) is 18.4. The number of rotatable bonds is 1. The van der Waals surface area contributed by atoms with Gasteiger partial charge in [-0.15, -0.1) is 10.2 Å². The van der Waals surface area contributed by atoms with Crippen molar-refractivity contribution in [1.82, 2.24) is 19.6 Å². The van der Waals surface area contributed by atoms with Gasteiger partial charge in [0.25, 0.3) is 5.78 Å². The highest BCUT2D eigenvalue weighted by Gasteiger charge is 2.20. The van der Waals surface area contributed by atoms with E-state index in [1.807, 2.05) is 10.6 Å². The highest BCUT2D eigenvalue weighted by atomic mass is 15.3. The third-order valence-electron chi connectivity index (χ3n) is 3.53. The van der Waals surface area contributed by atoms with E-state index in [2.05, 4.69) is 15.2 Å². The molecule has 1 fully saturated rings. The first-order valence-corrected chi connectivity index (χ1v) is 6.31. The van der Waals surface area contributed by atoms with Crippen molar-refractivity contribution in [3.05, 3.63) is 18.2 Å². The number of hydrogen-bond acceptors (Lipinski definition) is 4. The molecule has 0 saturated heterocycles. The molecule has 1 aliphatic carbocycles. The molecule has 5 heteroatoms. The largest absolute Gasteiger partial charge is 0.396 e. The van der Waals surface area contributed by atoms with Crippen LogP contribution in [0.1, 0.15) is 50.3 Å². The van der Waals surface area contributed by atoms with Crippen LogP contribution < -0.4 is 5.73 Å². The van der Waals surface area contributed by atoms with E-state index in [1.54, 1.807) is 6.20 Å². The smallest absolute Gasteiger partial charge is 0.255 e. The Balaban J connectivity index is 2.00. The average molecular weight is 231 g/mol. The molecule has 90 valence electrons. The monoisotopic (exact) mass is 231 g/mol. The van der Waals surface area contributed by atoms with Gasteiger partial charge in [0, 0.05) is 12.1 Å². The van der Waals surface area contributed by atoms with Crippen molar-refractivity contribution in [3.8, 4) is 0 Å². The second-order valence-electron chi connectivity index (χ2n) is 4.80. The molecule has 5 nitrogen and oxygen atoms in total. The maximum absolute atomic E-state index is 5.77. The molecule has 2 aromatic rings. The minimum atomic E-state index is 0.510. The van der Waals surface area contributed by atoms with E-state index in [1.165, 1.54) is 38.5 Å². The van der Waals surface area contributed by atoms with Gasteiger partial charge >= 0.3 is 0 Å². The Morgan fingerprint density at radius 1 is 1.12 bits per heavy atom. The lowest BCUT2D eigenvalue weighted by Gasteiger charge is -2.11. The van der Waals surface area contributed by atoms with E-state index in [-0.39, 0.29) is 0 Å². The van der Waals surface area contributed by atoms with E-state index in [4.69, 9.17) is 5.73 Å². The van der Waals surface area contributed by atoms with Crippen molar-refractivity contribution in [2.24, 2.45) is 0 Å². The molecule has 2 aromatic heterocycles. The van der Waals surface area contributed by atoms with E-state index in [0.29, 0.717) is 17.4 Å². The molecule has 1 aliphatic rings. The molecule has 17 heavy (non-hydrogen) atoms. The topological polar surface area (TPSA) is 69.1 Å². The first-order valence-electron chi connectivity index (χ1n) is 6.31. The molecule has 0 aliphatic heterocycles. The van der Waals surface area contributed by atoms with Crippen LogP contribution in [-0.2, 0) is 0 Å². The molecule has 0 atom stereocenters. The third kappa shape index (κ3) is 1.97. The Morgan fingerprint density at radius 2 is 1.88 bits per heavy atom. The van der Waals surface area contributed by atoms with Crippen LogP contribution in [-0.4, -0.2) is 19.6 Å². The number of hydrogen-bond donors (Lipinski definition) is 1. The highest BCUT2D eigenvalue weighted by molar-refractivity contribution is 5.39. The fraction of sp³-hybridized carbons (Fsp3) is 0.583. The number of fused-ring (bicyclic) bond motifs is 1. The summed E-state index contributed by atoms with van der Waals surface area (Å²) in [6.07, 6.45) is 11.2. The predicted molar refractivity (Wildman–Crippen MR) is 65.6 cm³/mol. The van der Waals surface area contributed by atoms with Gasteiger partial charge in [-0.25, -0.2) is 4.98 Å². The molecule has 2 N–H and O–H groups in total. The van der Waals surface area contributed by atoms with E-state index >= 15 is 0 Å². The van der Waals surface area contributed by atoms with E-state index in [9.17, 15) is 0 Å². The first-order chi connectivity index (χ1) is 8.34. The van der Waals surface area contributed by atoms with Gasteiger partial charge in [0.15, 0.2) is 0 Å². The molecule has 0 amide bonds. The number of nitrogens with zero attached hydrogens (tertiary/aromatic N) is 4. The van der Waals surface area contributed by atoms with Gasteiger partial charge in [0.2, 0.25) is 0 Å². The minimum Gasteiger partial charge on any atom is -0.396 e. The first kappa shape index (κ1) is 10.5. The quantitative estimate of drug-likeness (QED) is 0.763. The zero-order chi connectivity index (χ0) is 11.7. The minimum absolute atomic E-state index is 0.510. The molecule has 0 bridgehead atoms. The number of anilines is 1. The summed E-state index contributed by atoms with van der Waals surface area (Å²) < 4.78 is 1.95. The molecule has 2 heterocycles. The summed E-state index contributed by atoms with van der Waals surface area (Å²) in [5.74, 6) is 2.19. The summed E-state index contributed by atoms with van der Waals surface area (Å²) in [4.78, 5) is 4.18. The van der Waals surface area contributed by atoms with Crippen LogP contribution in [0.3, 0.4) is 0 Å². The van der Waals surface area contributed by atoms with Gasteiger partial charge in [-0.3, -0.25) is 4.40 Å². The van der Waals surface area contributed by atoms with Gasteiger partial charge in [0.05, 0.1) is 11.9 Å². The Morgan fingerprint density at radius 3 is 2.65 bits per heavy atom. The van der Waals surface area contributed by atoms with Crippen molar-refractivity contribution in [1.29, 1.82) is 0 Å². The average Bonchev–Trinajstić information content (AvgIpc) is 2.58. The Bertz CT molecular complexity index is 511. The predicted octanol–water partition coefficient (Wildman–Crippen LogP) is 2.14. The second-order valence-corrected chi connectivity index (χ2v) is 4.80. The SMILES string of the molecule is Nc1cnc2nnc(C3CCCCCC3)n2c1. The zero-order valence-corrected chi connectivity index (χ0v) is 9.84. The van der Waals surface area contributed by atoms with E-state index < -0.39 is 0 Å². The molecular weight excluding hydrogens is 214 g/mol. The highest BCUT2D eigenvalue weighted by Crippen LogP contribution is 2.30. The lowest BCUT2D eigenvalue weighted by Crippen LogP contribution is -2.04. The van der Waals surface area contributed by atoms with Crippen molar-refractivity contribution >= 4 is 11.5 Å². The van der Waals surface area contributed by atoms with Gasteiger partial charge in [0.1, 0.15) is 5.82 Å². The number of aromatic nitrogens is 4. The molecule has 0 spiro atoms. The van der Waals surface area contributed by atoms with Crippen LogP contribution in [0.25, 0.3) is 5.78 Å². The van der Waals surface area contributed by atoms with Crippen LogP contribution in [0.15, 0.2) is 12.4 Å². The van der Waals surface area contributed by atoms with Crippen molar-refractivity contribution < 1.29 is 0 Å². The fourth-order valence-corrected chi connectivity index (χ4v) is 2.64. The van der Waals surface area contributed by atoms with Crippen LogP contribution in [0.2, 0.25) is 0 Å². The lowest BCUT2D eigenvalue weighted by atomic mass is 10.00. The molecule has 0 radical (unpaired) electrons. The van der Waals surface area contributed by atoms with Crippen molar-refractivity contribution in [3.63, 3.8) is 0 Å². The number of nitrogen functional groups attached to an aromatic ring is 1. The molecule has 1 saturated carbocycles. The maximum Gasteiger partial charge on any atom is 0.255 e. The number of nitrogens with two attached hydrogens (primary N) is 1. The third-order valence-corrected chi connectivity index (χ3v) is 3.53. The Hall–Kier alpha value is -1.65. The summed E-state index contributed by atoms with van der Waals surface area (Å²) in [5, 5.41) is 8.41. The summed E-state index contributed by atoms with van der Waals surface area (Å²) in [6, 6.07) is 0. The maximum atomic E-state index is 5.77. The Labute approximate surface area is 100 Å². The van der Waals surface area contributed by atoms with Crippen molar-refractivity contribution in [2.75, 3.05) is 5.73 Å². The van der Waals surface area contributed by atoms with Crippen molar-refractivity contribution in [2.45, 2.75) is 44.4 Å². The van der Waals surface area contributed by atoms with Gasteiger partial charge in [-0.1, -0.05) is 25.7 Å². The van der Waals surface area contributed by atoms with Crippen LogP contribution in [0.5, 0.6) is 0 Å². The Kier molecular flexibility index (Phi) is 2.66. The van der Waals surface area contributed by atoms with Gasteiger partial charge < -0.3 is 5.73 Å². The molecular formula is C12H17N5. The van der Waals surface area contributed by atoms with Crippen LogP contribution in [0.4, 0.5) is 5.69 Å². The molecule has 0 aromatic carbocycles. The molecule has 3 rings (SSSR count). The van der Waals surface area contributed by atoms with Gasteiger partial charge in [-0.2, -0.15) is 0 Å². The zero-order valence-electron chi connectivity index (χ0n) is 9.84. The second kappa shape index (κ2) is 4.31. The summed E-state index contributed by atoms with van der Waals surface area (Å²) in [7, 11) is 0. The molecule has 0 unspecified atom stereocenters.